The minimum Gasteiger partial charge on any atom is -0.487 e. The summed E-state index contributed by atoms with van der Waals surface area (Å²) >= 11 is 0. The summed E-state index contributed by atoms with van der Waals surface area (Å²) in [6.45, 7) is 3.55. The number of hydrogen-bond acceptors (Lipinski definition) is 3. The molecule has 140 valence electrons. The Balaban J connectivity index is 1.29. The Hall–Kier alpha value is -1.55. The molecule has 1 aromatic carbocycles. The largest absolute Gasteiger partial charge is 0.487 e. The number of ether oxygens (including phenoxy) is 1. The van der Waals surface area contributed by atoms with Crippen molar-refractivity contribution in [3.63, 3.8) is 0 Å². The lowest BCUT2D eigenvalue weighted by Crippen LogP contribution is -2.51. The molecule has 1 atom stereocenters. The number of fused-ring (bicyclic) bond motifs is 1. The van der Waals surface area contributed by atoms with Crippen LogP contribution in [-0.2, 0) is 4.79 Å². The zero-order chi connectivity index (χ0) is 17.6. The SMILES string of the molecule is O=C(C[C@@H]1CC2(CCN(CC3CC3)CC2)Oc2ccccc21)NC1CC1. The van der Waals surface area contributed by atoms with Gasteiger partial charge in [-0.25, -0.2) is 0 Å². The van der Waals surface area contributed by atoms with E-state index in [4.69, 9.17) is 4.74 Å². The first-order chi connectivity index (χ1) is 12.7. The quantitative estimate of drug-likeness (QED) is 0.880. The summed E-state index contributed by atoms with van der Waals surface area (Å²) in [6, 6.07) is 8.82. The van der Waals surface area contributed by atoms with Crippen molar-refractivity contribution in [2.45, 2.75) is 68.9 Å². The fourth-order valence-corrected chi connectivity index (χ4v) is 4.78. The van der Waals surface area contributed by atoms with Gasteiger partial charge in [0.05, 0.1) is 0 Å². The molecule has 3 fully saturated rings. The normalized spacial score (nSPS) is 27.6. The van der Waals surface area contributed by atoms with Crippen LogP contribution in [0.15, 0.2) is 24.3 Å². The number of rotatable bonds is 5. The van der Waals surface area contributed by atoms with Gasteiger partial charge >= 0.3 is 0 Å². The van der Waals surface area contributed by atoms with Crippen LogP contribution in [0.25, 0.3) is 0 Å². The van der Waals surface area contributed by atoms with Gasteiger partial charge in [0.2, 0.25) is 5.91 Å². The average Bonchev–Trinajstić information content (AvgIpc) is 3.54. The smallest absolute Gasteiger partial charge is 0.220 e. The van der Waals surface area contributed by atoms with Crippen LogP contribution in [0.3, 0.4) is 0 Å². The zero-order valence-corrected chi connectivity index (χ0v) is 15.6. The monoisotopic (exact) mass is 354 g/mol. The van der Waals surface area contributed by atoms with Crippen molar-refractivity contribution < 1.29 is 9.53 Å². The van der Waals surface area contributed by atoms with Crippen LogP contribution in [0.1, 0.15) is 62.8 Å². The predicted molar refractivity (Wildman–Crippen MR) is 101 cm³/mol. The van der Waals surface area contributed by atoms with Gasteiger partial charge in [0.25, 0.3) is 0 Å². The summed E-state index contributed by atoms with van der Waals surface area (Å²) in [7, 11) is 0. The number of amides is 1. The molecule has 0 radical (unpaired) electrons. The van der Waals surface area contributed by atoms with Gasteiger partial charge in [0.15, 0.2) is 0 Å². The fraction of sp³-hybridized carbons (Fsp3) is 0.682. The lowest BCUT2D eigenvalue weighted by molar-refractivity contribution is -0.122. The molecule has 2 saturated carbocycles. The highest BCUT2D eigenvalue weighted by Crippen LogP contribution is 2.47. The highest BCUT2D eigenvalue weighted by molar-refractivity contribution is 5.77. The molecular formula is C22H30N2O2. The summed E-state index contributed by atoms with van der Waals surface area (Å²) < 4.78 is 6.58. The van der Waals surface area contributed by atoms with E-state index in [0.717, 1.165) is 56.9 Å². The van der Waals surface area contributed by atoms with Crippen molar-refractivity contribution in [2.24, 2.45) is 5.92 Å². The third-order valence-electron chi connectivity index (χ3n) is 6.66. The summed E-state index contributed by atoms with van der Waals surface area (Å²) in [5.41, 5.74) is 1.16. The van der Waals surface area contributed by atoms with Gasteiger partial charge in [0.1, 0.15) is 11.4 Å². The first kappa shape index (κ1) is 16.6. The molecule has 1 spiro atoms. The molecule has 0 bridgehead atoms. The molecular weight excluding hydrogens is 324 g/mol. The van der Waals surface area contributed by atoms with Crippen molar-refractivity contribution in [2.75, 3.05) is 19.6 Å². The minimum absolute atomic E-state index is 0.0705. The molecule has 4 heteroatoms. The van der Waals surface area contributed by atoms with E-state index in [1.54, 1.807) is 0 Å². The maximum Gasteiger partial charge on any atom is 0.220 e. The van der Waals surface area contributed by atoms with E-state index in [-0.39, 0.29) is 17.4 Å². The first-order valence-electron chi connectivity index (χ1n) is 10.5. The highest BCUT2D eigenvalue weighted by atomic mass is 16.5. The van der Waals surface area contributed by atoms with Crippen molar-refractivity contribution >= 4 is 5.91 Å². The Bertz CT molecular complexity index is 672. The fourth-order valence-electron chi connectivity index (χ4n) is 4.78. The van der Waals surface area contributed by atoms with Gasteiger partial charge in [-0.2, -0.15) is 0 Å². The number of nitrogens with one attached hydrogen (secondary N) is 1. The van der Waals surface area contributed by atoms with Crippen molar-refractivity contribution in [1.82, 2.24) is 10.2 Å². The van der Waals surface area contributed by atoms with Crippen LogP contribution < -0.4 is 10.1 Å². The van der Waals surface area contributed by atoms with Crippen molar-refractivity contribution in [3.8, 4) is 5.75 Å². The summed E-state index contributed by atoms with van der Waals surface area (Å²) in [5.74, 6) is 2.47. The van der Waals surface area contributed by atoms with Crippen LogP contribution >= 0.6 is 0 Å². The molecule has 5 rings (SSSR count). The number of benzene rings is 1. The average molecular weight is 354 g/mol. The molecule has 1 saturated heterocycles. The Morgan fingerprint density at radius 2 is 1.92 bits per heavy atom. The second kappa shape index (κ2) is 6.56. The Morgan fingerprint density at radius 1 is 1.15 bits per heavy atom. The van der Waals surface area contributed by atoms with Crippen molar-refractivity contribution in [1.29, 1.82) is 0 Å². The van der Waals surface area contributed by atoms with E-state index in [0.29, 0.717) is 12.5 Å². The van der Waals surface area contributed by atoms with Gasteiger partial charge in [-0.15, -0.1) is 0 Å². The van der Waals surface area contributed by atoms with Gasteiger partial charge in [-0.1, -0.05) is 18.2 Å². The molecule has 1 N–H and O–H groups in total. The van der Waals surface area contributed by atoms with Crippen molar-refractivity contribution in [3.05, 3.63) is 29.8 Å². The molecule has 1 aromatic rings. The molecule has 2 aliphatic carbocycles. The molecule has 4 nitrogen and oxygen atoms in total. The standard InChI is InChI=1S/C22H30N2O2/c25-21(23-18-7-8-18)13-17-14-22(26-20-4-2-1-3-19(17)20)9-11-24(12-10-22)15-16-5-6-16/h1-4,16-18H,5-15H2,(H,23,25)/t17-/m1/s1. The Labute approximate surface area is 156 Å². The van der Waals surface area contributed by atoms with Gasteiger partial charge in [-0.05, 0) is 62.5 Å². The molecule has 0 unspecified atom stereocenters. The number of likely N-dealkylation sites (tertiary alicyclic amines) is 1. The predicted octanol–water partition coefficient (Wildman–Crippen LogP) is 3.47. The van der Waals surface area contributed by atoms with E-state index in [1.807, 2.05) is 0 Å². The number of piperidine rings is 1. The number of hydrogen-bond donors (Lipinski definition) is 1. The van der Waals surface area contributed by atoms with E-state index in [1.165, 1.54) is 24.9 Å². The Morgan fingerprint density at radius 3 is 2.65 bits per heavy atom. The van der Waals surface area contributed by atoms with Gasteiger partial charge in [-0.3, -0.25) is 4.79 Å². The van der Waals surface area contributed by atoms with Crippen LogP contribution in [0.5, 0.6) is 5.75 Å². The lowest BCUT2D eigenvalue weighted by atomic mass is 9.76. The molecule has 0 aromatic heterocycles. The minimum atomic E-state index is -0.0705. The molecule has 1 amide bonds. The molecule has 26 heavy (non-hydrogen) atoms. The number of nitrogens with zero attached hydrogens (tertiary/aromatic N) is 1. The topological polar surface area (TPSA) is 41.6 Å². The van der Waals surface area contributed by atoms with Gasteiger partial charge in [0, 0.05) is 38.0 Å². The summed E-state index contributed by atoms with van der Waals surface area (Å²) in [6.07, 6.45) is 8.91. The second-order valence-electron chi connectivity index (χ2n) is 9.01. The van der Waals surface area contributed by atoms with E-state index in [9.17, 15) is 4.79 Å². The van der Waals surface area contributed by atoms with Crippen LogP contribution in [0.2, 0.25) is 0 Å². The first-order valence-corrected chi connectivity index (χ1v) is 10.5. The second-order valence-corrected chi connectivity index (χ2v) is 9.01. The number of carbonyl (C=O) groups is 1. The lowest BCUT2D eigenvalue weighted by Gasteiger charge is -2.47. The van der Waals surface area contributed by atoms with Crippen LogP contribution in [0.4, 0.5) is 0 Å². The van der Waals surface area contributed by atoms with Crippen LogP contribution in [0, 0.1) is 5.92 Å². The maximum atomic E-state index is 12.5. The third kappa shape index (κ3) is 3.62. The maximum absolute atomic E-state index is 12.5. The molecule has 4 aliphatic rings. The number of para-hydroxylation sites is 1. The van der Waals surface area contributed by atoms with E-state index in [2.05, 4.69) is 34.5 Å². The zero-order valence-electron chi connectivity index (χ0n) is 15.6. The molecule has 2 aliphatic heterocycles. The van der Waals surface area contributed by atoms with E-state index >= 15 is 0 Å². The Kier molecular flexibility index (Phi) is 4.19. The third-order valence-corrected chi connectivity index (χ3v) is 6.66. The summed E-state index contributed by atoms with van der Waals surface area (Å²) in [4.78, 5) is 15.1. The highest BCUT2D eigenvalue weighted by Gasteiger charge is 2.44. The van der Waals surface area contributed by atoms with Crippen LogP contribution in [-0.4, -0.2) is 42.1 Å². The number of carbonyl (C=O) groups excluding carboxylic acids is 1. The summed E-state index contributed by atoms with van der Waals surface area (Å²) in [5, 5.41) is 3.17. The van der Waals surface area contributed by atoms with E-state index < -0.39 is 0 Å². The van der Waals surface area contributed by atoms with Gasteiger partial charge < -0.3 is 15.0 Å². The molecule has 2 heterocycles.